The predicted molar refractivity (Wildman–Crippen MR) is 163 cm³/mol. The fourth-order valence-electron chi connectivity index (χ4n) is 5.51. The second kappa shape index (κ2) is 12.0. The lowest BCUT2D eigenvalue weighted by molar-refractivity contribution is -0.118. The van der Waals surface area contributed by atoms with Crippen LogP contribution >= 0.6 is 22.9 Å². The van der Waals surface area contributed by atoms with Crippen LogP contribution in [0.3, 0.4) is 0 Å². The molecule has 9 heteroatoms. The van der Waals surface area contributed by atoms with Crippen LogP contribution in [0.25, 0.3) is 11.1 Å². The summed E-state index contributed by atoms with van der Waals surface area (Å²) in [5.74, 6) is -0.734. The average Bonchev–Trinajstić information content (AvgIpc) is 3.42. The lowest BCUT2D eigenvalue weighted by Crippen LogP contribution is -2.48. The van der Waals surface area contributed by atoms with E-state index < -0.39 is 5.82 Å². The number of amides is 2. The van der Waals surface area contributed by atoms with Crippen LogP contribution in [0.4, 0.5) is 15.8 Å². The Kier molecular flexibility index (Phi) is 8.05. The summed E-state index contributed by atoms with van der Waals surface area (Å²) in [4.78, 5) is 34.0. The van der Waals surface area contributed by atoms with Crippen molar-refractivity contribution in [2.75, 3.05) is 49.1 Å². The molecule has 1 N–H and O–H groups in total. The number of rotatable bonds is 7. The van der Waals surface area contributed by atoms with Crippen molar-refractivity contribution >= 4 is 46.1 Å². The third-order valence-electron chi connectivity index (χ3n) is 7.74. The number of hydrogen-bond donors (Lipinski definition) is 1. The lowest BCUT2D eigenvalue weighted by Gasteiger charge is -2.36. The van der Waals surface area contributed by atoms with Gasteiger partial charge < -0.3 is 15.1 Å². The van der Waals surface area contributed by atoms with E-state index >= 15 is 0 Å². The molecule has 0 spiro atoms. The Bertz CT molecular complexity index is 1570. The highest BCUT2D eigenvalue weighted by atomic mass is 35.5. The SMILES string of the molecule is O=C(NCCN1CCN(c2ccccc2)CC1)c1ccc2c(c1)N(Cc1cc(F)ccc1Cl)C(=O)Cc1sccc1-2. The maximum absolute atomic E-state index is 14.0. The molecular weight excluding hydrogens is 559 g/mol. The molecule has 1 saturated heterocycles. The molecule has 3 heterocycles. The van der Waals surface area contributed by atoms with Crippen LogP contribution in [-0.4, -0.2) is 56.0 Å². The third kappa shape index (κ3) is 6.00. The van der Waals surface area contributed by atoms with Crippen molar-refractivity contribution in [2.24, 2.45) is 0 Å². The molecule has 6 rings (SSSR count). The van der Waals surface area contributed by atoms with Gasteiger partial charge in [-0.15, -0.1) is 11.3 Å². The number of hydrogen-bond acceptors (Lipinski definition) is 5. The summed E-state index contributed by atoms with van der Waals surface area (Å²) in [6.45, 7) is 5.17. The summed E-state index contributed by atoms with van der Waals surface area (Å²) in [5, 5.41) is 5.41. The van der Waals surface area contributed by atoms with Gasteiger partial charge in [-0.05, 0) is 65.0 Å². The van der Waals surface area contributed by atoms with Gasteiger partial charge in [-0.25, -0.2) is 4.39 Å². The van der Waals surface area contributed by atoms with Crippen LogP contribution in [0.1, 0.15) is 20.8 Å². The van der Waals surface area contributed by atoms with Crippen LogP contribution in [0.15, 0.2) is 78.2 Å². The summed E-state index contributed by atoms with van der Waals surface area (Å²) in [7, 11) is 0. The van der Waals surface area contributed by atoms with Crippen molar-refractivity contribution in [2.45, 2.75) is 13.0 Å². The van der Waals surface area contributed by atoms with Crippen molar-refractivity contribution < 1.29 is 14.0 Å². The van der Waals surface area contributed by atoms with Crippen molar-refractivity contribution in [3.63, 3.8) is 0 Å². The minimum absolute atomic E-state index is 0.109. The molecule has 2 aliphatic rings. The van der Waals surface area contributed by atoms with E-state index in [1.807, 2.05) is 23.6 Å². The normalized spacial score (nSPS) is 15.3. The maximum Gasteiger partial charge on any atom is 0.251 e. The van der Waals surface area contributed by atoms with Gasteiger partial charge >= 0.3 is 0 Å². The Morgan fingerprint density at radius 2 is 1.76 bits per heavy atom. The third-order valence-corrected chi connectivity index (χ3v) is 9.03. The molecule has 0 atom stereocenters. The standard InChI is InChI=1S/C32H30ClFN4O2S/c33-28-9-7-24(34)18-23(28)21-38-29-19-22(6-8-26(29)27-10-17-41-30(27)20-31(38)39)32(40)35-11-12-36-13-15-37(16-14-36)25-4-2-1-3-5-25/h1-10,17-19H,11-16,20-21H2,(H,35,40). The Balaban J connectivity index is 1.15. The number of anilines is 2. The maximum atomic E-state index is 14.0. The number of carbonyl (C=O) groups is 2. The van der Waals surface area contributed by atoms with Gasteiger partial charge in [-0.3, -0.25) is 14.5 Å². The fraction of sp³-hybridized carbons (Fsp3) is 0.250. The molecule has 0 unspecified atom stereocenters. The van der Waals surface area contributed by atoms with E-state index in [1.165, 1.54) is 35.2 Å². The van der Waals surface area contributed by atoms with Crippen LogP contribution in [-0.2, 0) is 17.8 Å². The molecule has 41 heavy (non-hydrogen) atoms. The number of nitrogens with one attached hydrogen (secondary N) is 1. The Labute approximate surface area is 248 Å². The molecule has 1 fully saturated rings. The summed E-state index contributed by atoms with van der Waals surface area (Å²) < 4.78 is 14.0. The highest BCUT2D eigenvalue weighted by Crippen LogP contribution is 2.40. The number of piperazine rings is 1. The molecule has 210 valence electrons. The van der Waals surface area contributed by atoms with Crippen LogP contribution < -0.4 is 15.1 Å². The predicted octanol–water partition coefficient (Wildman–Crippen LogP) is 5.85. The number of para-hydroxylation sites is 1. The molecule has 4 aromatic rings. The minimum atomic E-state index is -0.416. The van der Waals surface area contributed by atoms with Crippen molar-refractivity contribution in [3.8, 4) is 11.1 Å². The van der Waals surface area contributed by atoms with Gasteiger partial charge in [-0.1, -0.05) is 35.9 Å². The molecule has 2 aliphatic heterocycles. The van der Waals surface area contributed by atoms with Gasteiger partial charge in [0.05, 0.1) is 18.7 Å². The number of nitrogens with zero attached hydrogens (tertiary/aromatic N) is 3. The summed E-state index contributed by atoms with van der Waals surface area (Å²) in [6, 6.07) is 22.0. The van der Waals surface area contributed by atoms with Crippen LogP contribution in [0.5, 0.6) is 0 Å². The second-order valence-electron chi connectivity index (χ2n) is 10.3. The van der Waals surface area contributed by atoms with Gasteiger partial charge in [0.1, 0.15) is 5.82 Å². The highest BCUT2D eigenvalue weighted by Gasteiger charge is 2.28. The molecule has 0 saturated carbocycles. The largest absolute Gasteiger partial charge is 0.369 e. The first-order valence-corrected chi connectivity index (χ1v) is 15.0. The van der Waals surface area contributed by atoms with Crippen LogP contribution in [0, 0.1) is 5.82 Å². The Morgan fingerprint density at radius 3 is 2.56 bits per heavy atom. The van der Waals surface area contributed by atoms with Gasteiger partial charge in [0.2, 0.25) is 5.91 Å². The van der Waals surface area contributed by atoms with Gasteiger partial charge in [-0.2, -0.15) is 0 Å². The van der Waals surface area contributed by atoms with E-state index in [0.717, 1.165) is 48.7 Å². The highest BCUT2D eigenvalue weighted by molar-refractivity contribution is 7.10. The fourth-order valence-corrected chi connectivity index (χ4v) is 6.57. The van der Waals surface area contributed by atoms with Crippen molar-refractivity contribution in [1.29, 1.82) is 0 Å². The monoisotopic (exact) mass is 588 g/mol. The van der Waals surface area contributed by atoms with Gasteiger partial charge in [0.25, 0.3) is 5.91 Å². The van der Waals surface area contributed by atoms with Gasteiger partial charge in [0.15, 0.2) is 0 Å². The Hall–Kier alpha value is -3.72. The smallest absolute Gasteiger partial charge is 0.251 e. The summed E-state index contributed by atoms with van der Waals surface area (Å²) >= 11 is 7.90. The summed E-state index contributed by atoms with van der Waals surface area (Å²) in [6.07, 6.45) is 0.230. The molecule has 0 bridgehead atoms. The van der Waals surface area contributed by atoms with Crippen molar-refractivity contribution in [1.82, 2.24) is 10.2 Å². The zero-order valence-electron chi connectivity index (χ0n) is 22.5. The zero-order valence-corrected chi connectivity index (χ0v) is 24.1. The number of halogens is 2. The summed E-state index contributed by atoms with van der Waals surface area (Å²) in [5.41, 5.74) is 4.70. The molecular formula is C32H30ClFN4O2S. The number of thiophene rings is 1. The Morgan fingerprint density at radius 1 is 0.951 bits per heavy atom. The first-order valence-electron chi connectivity index (χ1n) is 13.7. The molecule has 6 nitrogen and oxygen atoms in total. The van der Waals surface area contributed by atoms with E-state index in [-0.39, 0.29) is 24.8 Å². The molecule has 1 aromatic heterocycles. The van der Waals surface area contributed by atoms with E-state index in [9.17, 15) is 14.0 Å². The van der Waals surface area contributed by atoms with E-state index in [1.54, 1.807) is 17.0 Å². The average molecular weight is 589 g/mol. The quantitative estimate of drug-likeness (QED) is 0.294. The molecule has 2 amide bonds. The molecule has 0 radical (unpaired) electrons. The lowest BCUT2D eigenvalue weighted by atomic mass is 10.0. The number of fused-ring (bicyclic) bond motifs is 3. The van der Waals surface area contributed by atoms with E-state index in [4.69, 9.17) is 11.6 Å². The molecule has 3 aromatic carbocycles. The number of carbonyl (C=O) groups excluding carboxylic acids is 2. The first-order chi connectivity index (χ1) is 20.0. The topological polar surface area (TPSA) is 55.9 Å². The van der Waals surface area contributed by atoms with Crippen molar-refractivity contribution in [3.05, 3.63) is 105 Å². The van der Waals surface area contributed by atoms with E-state index in [2.05, 4.69) is 39.4 Å². The van der Waals surface area contributed by atoms with E-state index in [0.29, 0.717) is 28.4 Å². The zero-order chi connectivity index (χ0) is 28.3. The van der Waals surface area contributed by atoms with Gasteiger partial charge in [0, 0.05) is 66.0 Å². The van der Waals surface area contributed by atoms with Crippen LogP contribution in [0.2, 0.25) is 5.02 Å². The molecule has 0 aliphatic carbocycles. The number of benzene rings is 3. The first kappa shape index (κ1) is 27.4. The minimum Gasteiger partial charge on any atom is -0.369 e. The second-order valence-corrected chi connectivity index (χ2v) is 11.7.